The Morgan fingerprint density at radius 3 is 2.84 bits per heavy atom. The van der Waals surface area contributed by atoms with Gasteiger partial charge in [-0.3, -0.25) is 10.1 Å². The van der Waals surface area contributed by atoms with E-state index in [4.69, 9.17) is 0 Å². The van der Waals surface area contributed by atoms with Gasteiger partial charge in [0.2, 0.25) is 0 Å². The molecule has 0 radical (unpaired) electrons. The lowest BCUT2D eigenvalue weighted by molar-refractivity contribution is 0.102. The average molecular weight is 414 g/mol. The number of fused-ring (bicyclic) bond motifs is 1. The van der Waals surface area contributed by atoms with Gasteiger partial charge in [-0.2, -0.15) is 0 Å². The van der Waals surface area contributed by atoms with Crippen molar-refractivity contribution in [1.29, 1.82) is 0 Å². The fraction of sp³-hybridized carbons (Fsp3) is 0.0588. The van der Waals surface area contributed by atoms with E-state index in [1.807, 2.05) is 55.5 Å². The molecule has 0 bridgehead atoms. The van der Waals surface area contributed by atoms with Gasteiger partial charge in [-0.1, -0.05) is 50.7 Å². The van der Waals surface area contributed by atoms with Gasteiger partial charge in [0.1, 0.15) is 0 Å². The Morgan fingerprint density at radius 1 is 1.20 bits per heavy atom. The van der Waals surface area contributed by atoms with E-state index in [2.05, 4.69) is 36.5 Å². The second kappa shape index (κ2) is 6.38. The number of thiazole rings is 1. The molecule has 1 amide bonds. The molecule has 0 aliphatic heterocycles. The van der Waals surface area contributed by atoms with Crippen molar-refractivity contribution >= 4 is 48.5 Å². The first-order chi connectivity index (χ1) is 12.1. The summed E-state index contributed by atoms with van der Waals surface area (Å²) in [6.45, 7) is 1.81. The zero-order valence-corrected chi connectivity index (χ0v) is 15.5. The van der Waals surface area contributed by atoms with E-state index in [1.165, 1.54) is 11.3 Å². The highest BCUT2D eigenvalue weighted by Gasteiger charge is 2.19. The van der Waals surface area contributed by atoms with Gasteiger partial charge in [-0.05, 0) is 37.3 Å². The lowest BCUT2D eigenvalue weighted by Crippen LogP contribution is -2.14. The van der Waals surface area contributed by atoms with Crippen molar-refractivity contribution in [2.24, 2.45) is 0 Å². The Hall–Kier alpha value is -2.58. The van der Waals surface area contributed by atoms with Crippen LogP contribution in [0.4, 0.5) is 5.13 Å². The molecule has 2 heterocycles. The maximum Gasteiger partial charge on any atom is 0.279 e. The molecule has 0 atom stereocenters. The van der Waals surface area contributed by atoms with Crippen molar-refractivity contribution in [1.82, 2.24) is 20.0 Å². The lowest BCUT2D eigenvalue weighted by Gasteiger charge is -2.04. The SMILES string of the molecule is Cc1c(C(=O)Nc2nc3ccccc3s2)nnn1-c1cccc(Br)c1. The van der Waals surface area contributed by atoms with Gasteiger partial charge in [-0.25, -0.2) is 9.67 Å². The molecule has 4 rings (SSSR count). The Labute approximate surface area is 155 Å². The van der Waals surface area contributed by atoms with E-state index < -0.39 is 0 Å². The predicted molar refractivity (Wildman–Crippen MR) is 101 cm³/mol. The molecule has 124 valence electrons. The topological polar surface area (TPSA) is 72.7 Å². The van der Waals surface area contributed by atoms with Crippen molar-refractivity contribution in [2.75, 3.05) is 5.32 Å². The predicted octanol–water partition coefficient (Wildman–Crippen LogP) is 4.20. The van der Waals surface area contributed by atoms with E-state index in [9.17, 15) is 4.79 Å². The monoisotopic (exact) mass is 413 g/mol. The minimum absolute atomic E-state index is 0.277. The molecule has 1 N–H and O–H groups in total. The second-order valence-electron chi connectivity index (χ2n) is 5.36. The molecule has 2 aromatic carbocycles. The van der Waals surface area contributed by atoms with Crippen LogP contribution in [-0.2, 0) is 0 Å². The molecular formula is C17H12BrN5OS. The highest BCUT2D eigenvalue weighted by Crippen LogP contribution is 2.26. The quantitative estimate of drug-likeness (QED) is 0.546. The lowest BCUT2D eigenvalue weighted by atomic mass is 10.3. The Bertz CT molecular complexity index is 1050. The van der Waals surface area contributed by atoms with E-state index in [-0.39, 0.29) is 11.6 Å². The number of carbonyl (C=O) groups excluding carboxylic acids is 1. The Kier molecular flexibility index (Phi) is 4.06. The summed E-state index contributed by atoms with van der Waals surface area (Å²) in [5.74, 6) is -0.321. The third kappa shape index (κ3) is 3.06. The van der Waals surface area contributed by atoms with Gasteiger partial charge >= 0.3 is 0 Å². The number of para-hydroxylation sites is 1. The number of halogens is 1. The first kappa shape index (κ1) is 15.9. The summed E-state index contributed by atoms with van der Waals surface area (Å²) < 4.78 is 3.59. The van der Waals surface area contributed by atoms with Crippen LogP contribution < -0.4 is 5.32 Å². The zero-order valence-electron chi connectivity index (χ0n) is 13.1. The number of nitrogens with zero attached hydrogens (tertiary/aromatic N) is 4. The van der Waals surface area contributed by atoms with E-state index in [1.54, 1.807) is 4.68 Å². The molecule has 0 unspecified atom stereocenters. The maximum atomic E-state index is 12.6. The van der Waals surface area contributed by atoms with Crippen LogP contribution in [-0.4, -0.2) is 25.9 Å². The molecule has 6 nitrogen and oxygen atoms in total. The average Bonchev–Trinajstić information content (AvgIpc) is 3.17. The van der Waals surface area contributed by atoms with Crippen molar-refractivity contribution < 1.29 is 4.79 Å². The van der Waals surface area contributed by atoms with Gasteiger partial charge in [0.15, 0.2) is 10.8 Å². The number of hydrogen-bond acceptors (Lipinski definition) is 5. The number of rotatable bonds is 3. The Balaban J connectivity index is 1.62. The highest BCUT2D eigenvalue weighted by atomic mass is 79.9. The van der Waals surface area contributed by atoms with Crippen LogP contribution in [0.1, 0.15) is 16.2 Å². The summed E-state index contributed by atoms with van der Waals surface area (Å²) in [6, 6.07) is 15.4. The molecular weight excluding hydrogens is 402 g/mol. The summed E-state index contributed by atoms with van der Waals surface area (Å²) in [6.07, 6.45) is 0. The summed E-state index contributed by atoms with van der Waals surface area (Å²) in [5, 5.41) is 11.5. The minimum Gasteiger partial charge on any atom is -0.296 e. The first-order valence-electron chi connectivity index (χ1n) is 7.47. The smallest absolute Gasteiger partial charge is 0.279 e. The second-order valence-corrected chi connectivity index (χ2v) is 7.30. The molecule has 0 fully saturated rings. The summed E-state index contributed by atoms with van der Waals surface area (Å²) in [4.78, 5) is 17.0. The number of amides is 1. The fourth-order valence-corrected chi connectivity index (χ4v) is 3.72. The van der Waals surface area contributed by atoms with Crippen LogP contribution in [0.2, 0.25) is 0 Å². The van der Waals surface area contributed by atoms with E-state index in [0.29, 0.717) is 10.8 Å². The van der Waals surface area contributed by atoms with Crippen molar-refractivity contribution in [2.45, 2.75) is 6.92 Å². The minimum atomic E-state index is -0.321. The van der Waals surface area contributed by atoms with Gasteiger partial charge in [-0.15, -0.1) is 5.10 Å². The highest BCUT2D eigenvalue weighted by molar-refractivity contribution is 9.10. The van der Waals surface area contributed by atoms with Crippen LogP contribution in [0.15, 0.2) is 53.0 Å². The van der Waals surface area contributed by atoms with E-state index in [0.717, 1.165) is 20.4 Å². The third-order valence-corrected chi connectivity index (χ3v) is 5.12. The standard InChI is InChI=1S/C17H12BrN5OS/c1-10-15(21-22-23(10)12-6-4-5-11(18)9-12)16(24)20-17-19-13-7-2-3-8-14(13)25-17/h2-9H,1H3,(H,19,20,24). The summed E-state index contributed by atoms with van der Waals surface area (Å²) in [5.41, 5.74) is 2.63. The maximum absolute atomic E-state index is 12.6. The zero-order chi connectivity index (χ0) is 17.4. The molecule has 25 heavy (non-hydrogen) atoms. The molecule has 4 aromatic rings. The molecule has 2 aromatic heterocycles. The van der Waals surface area contributed by atoms with E-state index >= 15 is 0 Å². The third-order valence-electron chi connectivity index (χ3n) is 3.68. The van der Waals surface area contributed by atoms with Crippen LogP contribution in [0.5, 0.6) is 0 Å². The normalized spacial score (nSPS) is 11.0. The fourth-order valence-electron chi connectivity index (χ4n) is 2.47. The van der Waals surface area contributed by atoms with Crippen molar-refractivity contribution in [3.8, 4) is 5.69 Å². The number of anilines is 1. The molecule has 0 saturated carbocycles. The summed E-state index contributed by atoms with van der Waals surface area (Å²) in [7, 11) is 0. The molecule has 8 heteroatoms. The van der Waals surface area contributed by atoms with Gasteiger partial charge < -0.3 is 0 Å². The van der Waals surface area contributed by atoms with Crippen LogP contribution in [0.3, 0.4) is 0 Å². The van der Waals surface area contributed by atoms with Crippen LogP contribution in [0, 0.1) is 6.92 Å². The first-order valence-corrected chi connectivity index (χ1v) is 9.08. The molecule has 0 aliphatic rings. The molecule has 0 saturated heterocycles. The van der Waals surface area contributed by atoms with Gasteiger partial charge in [0.05, 0.1) is 21.6 Å². The van der Waals surface area contributed by atoms with Gasteiger partial charge in [0, 0.05) is 4.47 Å². The van der Waals surface area contributed by atoms with Crippen molar-refractivity contribution in [3.05, 3.63) is 64.4 Å². The molecule has 0 spiro atoms. The number of benzene rings is 2. The summed E-state index contributed by atoms with van der Waals surface area (Å²) >= 11 is 4.86. The van der Waals surface area contributed by atoms with Gasteiger partial charge in [0.25, 0.3) is 5.91 Å². The Morgan fingerprint density at radius 2 is 2.04 bits per heavy atom. The number of carbonyl (C=O) groups is 1. The van der Waals surface area contributed by atoms with Crippen LogP contribution >= 0.6 is 27.3 Å². The van der Waals surface area contributed by atoms with Crippen molar-refractivity contribution in [3.63, 3.8) is 0 Å². The van der Waals surface area contributed by atoms with Crippen LogP contribution in [0.25, 0.3) is 15.9 Å². The molecule has 0 aliphatic carbocycles. The number of nitrogens with one attached hydrogen (secondary N) is 1. The number of hydrogen-bond donors (Lipinski definition) is 1. The number of aromatic nitrogens is 4. The largest absolute Gasteiger partial charge is 0.296 e.